The number of imidazole rings is 1. The van der Waals surface area contributed by atoms with Crippen molar-refractivity contribution >= 4 is 21.4 Å². The average Bonchev–Trinajstić information content (AvgIpc) is 3.43. The molecule has 6 nitrogen and oxygen atoms in total. The summed E-state index contributed by atoms with van der Waals surface area (Å²) in [6.45, 7) is 1.30. The van der Waals surface area contributed by atoms with Gasteiger partial charge in [0.2, 0.25) is 10.1 Å². The highest BCUT2D eigenvalue weighted by atomic mass is 32.1. The molecular formula is C19H16F4N6S. The number of anilines is 1. The number of rotatable bonds is 3. The molecule has 11 heteroatoms. The van der Waals surface area contributed by atoms with Gasteiger partial charge in [0.25, 0.3) is 0 Å². The van der Waals surface area contributed by atoms with Crippen molar-refractivity contribution in [3.63, 3.8) is 0 Å². The molecule has 1 fully saturated rings. The number of benzene rings is 1. The summed E-state index contributed by atoms with van der Waals surface area (Å²) < 4.78 is 54.7. The second-order valence-corrected chi connectivity index (χ2v) is 8.10. The van der Waals surface area contributed by atoms with Gasteiger partial charge in [-0.2, -0.15) is 18.3 Å². The van der Waals surface area contributed by atoms with Crippen molar-refractivity contribution in [1.82, 2.24) is 24.4 Å². The van der Waals surface area contributed by atoms with Gasteiger partial charge in [-0.3, -0.25) is 4.68 Å². The highest BCUT2D eigenvalue weighted by Crippen LogP contribution is 2.32. The smallest absolute Gasteiger partial charge is 0.345 e. The number of halogens is 4. The quantitative estimate of drug-likeness (QED) is 0.439. The minimum absolute atomic E-state index is 0.152. The molecule has 1 aliphatic rings. The molecule has 30 heavy (non-hydrogen) atoms. The number of alkyl halides is 3. The van der Waals surface area contributed by atoms with E-state index in [-0.39, 0.29) is 11.9 Å². The summed E-state index contributed by atoms with van der Waals surface area (Å²) in [5.74, 6) is -0.306. The van der Waals surface area contributed by atoms with E-state index in [2.05, 4.69) is 20.1 Å². The van der Waals surface area contributed by atoms with Gasteiger partial charge in [0.15, 0.2) is 5.69 Å². The average molecular weight is 436 g/mol. The van der Waals surface area contributed by atoms with Gasteiger partial charge in [-0.15, -0.1) is 5.10 Å². The lowest BCUT2D eigenvalue weighted by Gasteiger charge is -2.32. The van der Waals surface area contributed by atoms with Gasteiger partial charge < -0.3 is 4.90 Å². The second kappa shape index (κ2) is 7.08. The van der Waals surface area contributed by atoms with E-state index in [4.69, 9.17) is 0 Å². The van der Waals surface area contributed by atoms with Crippen molar-refractivity contribution in [1.29, 1.82) is 0 Å². The zero-order chi connectivity index (χ0) is 20.9. The summed E-state index contributed by atoms with van der Waals surface area (Å²) in [5, 5.41) is 9.07. The highest BCUT2D eigenvalue weighted by molar-refractivity contribution is 7.20. The lowest BCUT2D eigenvalue weighted by Crippen LogP contribution is -2.37. The van der Waals surface area contributed by atoms with Gasteiger partial charge >= 0.3 is 6.18 Å². The maximum absolute atomic E-state index is 13.1. The zero-order valence-electron chi connectivity index (χ0n) is 15.6. The van der Waals surface area contributed by atoms with Crippen LogP contribution in [0, 0.1) is 5.82 Å². The Bertz CT molecular complexity index is 1140. The van der Waals surface area contributed by atoms with Gasteiger partial charge in [-0.1, -0.05) is 11.3 Å². The summed E-state index contributed by atoms with van der Waals surface area (Å²) in [7, 11) is 0. The third-order valence-electron chi connectivity index (χ3n) is 5.11. The third kappa shape index (κ3) is 3.53. The molecule has 156 valence electrons. The predicted molar refractivity (Wildman–Crippen MR) is 104 cm³/mol. The number of fused-ring (bicyclic) bond motifs is 1. The van der Waals surface area contributed by atoms with Crippen molar-refractivity contribution in [2.24, 2.45) is 0 Å². The van der Waals surface area contributed by atoms with Gasteiger partial charge in [0.05, 0.1) is 17.9 Å². The van der Waals surface area contributed by atoms with Crippen LogP contribution >= 0.6 is 11.3 Å². The van der Waals surface area contributed by atoms with Crippen molar-refractivity contribution in [3.8, 4) is 11.3 Å². The molecular weight excluding hydrogens is 420 g/mol. The van der Waals surface area contributed by atoms with Crippen molar-refractivity contribution in [2.75, 3.05) is 18.0 Å². The van der Waals surface area contributed by atoms with E-state index in [0.29, 0.717) is 17.2 Å². The first-order valence-corrected chi connectivity index (χ1v) is 10.2. The Morgan fingerprint density at radius 1 is 1.07 bits per heavy atom. The fourth-order valence-electron chi connectivity index (χ4n) is 3.61. The highest BCUT2D eigenvalue weighted by Gasteiger charge is 2.34. The van der Waals surface area contributed by atoms with E-state index in [1.807, 2.05) is 0 Å². The standard InChI is InChI=1S/C19H16F4N6S/c20-13-5-3-12(4-6-13)15-11-29-17(24-15)30-18(26-29)27-8-1-2-14(10-27)28-9-7-16(25-28)19(21,22)23/h3-7,9,11,14H,1-2,8,10H2. The normalized spacial score (nSPS) is 17.7. The Hall–Kier alpha value is -2.95. The Morgan fingerprint density at radius 2 is 1.87 bits per heavy atom. The molecule has 0 radical (unpaired) electrons. The molecule has 1 unspecified atom stereocenters. The molecule has 4 aromatic rings. The van der Waals surface area contributed by atoms with Crippen LogP contribution < -0.4 is 4.90 Å². The van der Waals surface area contributed by atoms with E-state index < -0.39 is 11.9 Å². The molecule has 1 saturated heterocycles. The Balaban J connectivity index is 1.35. The Kier molecular flexibility index (Phi) is 4.49. The van der Waals surface area contributed by atoms with Crippen LogP contribution in [-0.2, 0) is 6.18 Å². The molecule has 0 saturated carbocycles. The maximum Gasteiger partial charge on any atom is 0.435 e. The second-order valence-electron chi connectivity index (χ2n) is 7.17. The van der Waals surface area contributed by atoms with Crippen molar-refractivity contribution < 1.29 is 17.6 Å². The van der Waals surface area contributed by atoms with Gasteiger partial charge in [-0.25, -0.2) is 13.9 Å². The predicted octanol–water partition coefficient (Wildman–Crippen LogP) is 4.65. The minimum atomic E-state index is -4.44. The van der Waals surface area contributed by atoms with Crippen LogP contribution in [0.2, 0.25) is 0 Å². The van der Waals surface area contributed by atoms with Crippen LogP contribution in [0.25, 0.3) is 16.2 Å². The first kappa shape index (κ1) is 19.0. The van der Waals surface area contributed by atoms with E-state index in [1.54, 1.807) is 22.8 Å². The molecule has 3 aromatic heterocycles. The molecule has 5 rings (SSSR count). The number of aromatic nitrogens is 5. The Morgan fingerprint density at radius 3 is 2.57 bits per heavy atom. The SMILES string of the molecule is Fc1ccc(-c2cn3nc(N4CCCC(n5ccc(C(F)(F)F)n5)C4)sc3n2)cc1. The lowest BCUT2D eigenvalue weighted by molar-refractivity contribution is -0.141. The van der Waals surface area contributed by atoms with Crippen LogP contribution in [0.4, 0.5) is 22.7 Å². The van der Waals surface area contributed by atoms with Crippen LogP contribution in [0.5, 0.6) is 0 Å². The van der Waals surface area contributed by atoms with Crippen molar-refractivity contribution in [2.45, 2.75) is 25.1 Å². The Labute approximate surface area is 172 Å². The number of hydrogen-bond donors (Lipinski definition) is 0. The topological polar surface area (TPSA) is 51.2 Å². The third-order valence-corrected chi connectivity index (χ3v) is 6.10. The van der Waals surface area contributed by atoms with E-state index in [1.165, 1.54) is 34.3 Å². The zero-order valence-corrected chi connectivity index (χ0v) is 16.4. The van der Waals surface area contributed by atoms with Gasteiger partial charge in [-0.05, 0) is 43.2 Å². The number of hydrogen-bond acceptors (Lipinski definition) is 5. The number of nitrogens with zero attached hydrogens (tertiary/aromatic N) is 6. The molecule has 4 heterocycles. The summed E-state index contributed by atoms with van der Waals surface area (Å²) in [4.78, 5) is 7.32. The van der Waals surface area contributed by atoms with Crippen LogP contribution in [-0.4, -0.2) is 37.5 Å². The summed E-state index contributed by atoms with van der Waals surface area (Å²) >= 11 is 1.41. The van der Waals surface area contributed by atoms with Crippen LogP contribution in [0.3, 0.4) is 0 Å². The summed E-state index contributed by atoms with van der Waals surface area (Å²) in [6.07, 6.45) is 0.317. The fraction of sp³-hybridized carbons (Fsp3) is 0.316. The van der Waals surface area contributed by atoms with Crippen molar-refractivity contribution in [3.05, 3.63) is 54.2 Å². The summed E-state index contributed by atoms with van der Waals surface area (Å²) in [6, 6.07) is 6.95. The van der Waals surface area contributed by atoms with Gasteiger partial charge in [0.1, 0.15) is 5.82 Å². The molecule has 0 aliphatic carbocycles. The molecule has 0 amide bonds. The van der Waals surface area contributed by atoms with Gasteiger partial charge in [0, 0.05) is 24.8 Å². The molecule has 1 atom stereocenters. The summed E-state index contributed by atoms with van der Waals surface area (Å²) in [5.41, 5.74) is 0.626. The molecule has 0 spiro atoms. The number of piperidine rings is 1. The van der Waals surface area contributed by atoms with E-state index >= 15 is 0 Å². The maximum atomic E-state index is 13.1. The van der Waals surface area contributed by atoms with E-state index in [0.717, 1.165) is 36.1 Å². The van der Waals surface area contributed by atoms with E-state index in [9.17, 15) is 17.6 Å². The fourth-order valence-corrected chi connectivity index (χ4v) is 4.53. The molecule has 0 bridgehead atoms. The molecule has 1 aromatic carbocycles. The largest absolute Gasteiger partial charge is 0.435 e. The lowest BCUT2D eigenvalue weighted by atomic mass is 10.1. The first-order chi connectivity index (χ1) is 14.4. The molecule has 0 N–H and O–H groups in total. The first-order valence-electron chi connectivity index (χ1n) is 9.36. The monoisotopic (exact) mass is 436 g/mol. The van der Waals surface area contributed by atoms with Crippen LogP contribution in [0.15, 0.2) is 42.7 Å². The molecule has 1 aliphatic heterocycles. The minimum Gasteiger partial charge on any atom is -0.345 e. The van der Waals surface area contributed by atoms with Crippen LogP contribution in [0.1, 0.15) is 24.6 Å².